The van der Waals surface area contributed by atoms with Crippen molar-refractivity contribution < 1.29 is 27.9 Å². The van der Waals surface area contributed by atoms with Crippen molar-refractivity contribution in [1.29, 1.82) is 0 Å². The maximum absolute atomic E-state index is 12.3. The lowest BCUT2D eigenvalue weighted by Gasteiger charge is -2.07. The Kier molecular flexibility index (Phi) is 5.48. The Morgan fingerprint density at radius 2 is 1.85 bits per heavy atom. The zero-order valence-corrected chi connectivity index (χ0v) is 10.4. The Morgan fingerprint density at radius 3 is 2.35 bits per heavy atom. The molecule has 0 atom stereocenters. The van der Waals surface area contributed by atoms with E-state index in [9.17, 15) is 22.8 Å². The van der Waals surface area contributed by atoms with Crippen molar-refractivity contribution in [2.24, 2.45) is 0 Å². The molecule has 1 aromatic heterocycles. The number of hydrogen-bond donors (Lipinski definition) is 2. The Hall–Kier alpha value is -2.12. The van der Waals surface area contributed by atoms with Gasteiger partial charge in [-0.15, -0.1) is 0 Å². The van der Waals surface area contributed by atoms with Gasteiger partial charge in [0.1, 0.15) is 5.69 Å². The molecule has 0 saturated heterocycles. The molecule has 1 amide bonds. The topological polar surface area (TPSA) is 79.3 Å². The van der Waals surface area contributed by atoms with Crippen LogP contribution >= 0.6 is 0 Å². The van der Waals surface area contributed by atoms with E-state index in [0.717, 1.165) is 18.3 Å². The average molecular weight is 290 g/mol. The van der Waals surface area contributed by atoms with Crippen LogP contribution in [0.25, 0.3) is 0 Å². The Labute approximate surface area is 112 Å². The molecule has 20 heavy (non-hydrogen) atoms. The number of carboxylic acid groups (broad SMARTS) is 1. The number of aliphatic carboxylic acids is 1. The van der Waals surface area contributed by atoms with Gasteiger partial charge in [0.05, 0.1) is 11.9 Å². The van der Waals surface area contributed by atoms with Crippen molar-refractivity contribution in [3.05, 3.63) is 24.0 Å². The molecule has 0 aliphatic carbocycles. The first-order valence-corrected chi connectivity index (χ1v) is 5.84. The van der Waals surface area contributed by atoms with Crippen LogP contribution in [0, 0.1) is 0 Å². The van der Waals surface area contributed by atoms with Crippen LogP contribution in [0.2, 0.25) is 0 Å². The second kappa shape index (κ2) is 6.88. The minimum Gasteiger partial charge on any atom is -0.481 e. The fourth-order valence-electron chi connectivity index (χ4n) is 1.42. The monoisotopic (exact) mass is 290 g/mol. The molecule has 0 radical (unpaired) electrons. The molecule has 110 valence electrons. The number of unbranched alkanes of at least 4 members (excludes halogenated alkanes) is 1. The van der Waals surface area contributed by atoms with Crippen LogP contribution in [0.5, 0.6) is 0 Å². The number of pyridine rings is 1. The van der Waals surface area contributed by atoms with Gasteiger partial charge in [0.25, 0.3) is 0 Å². The molecule has 8 heteroatoms. The summed E-state index contributed by atoms with van der Waals surface area (Å²) in [5.74, 6) is -1.32. The number of amides is 1. The van der Waals surface area contributed by atoms with Gasteiger partial charge >= 0.3 is 12.1 Å². The van der Waals surface area contributed by atoms with Gasteiger partial charge in [-0.05, 0) is 25.0 Å². The summed E-state index contributed by atoms with van der Waals surface area (Å²) < 4.78 is 36.8. The maximum Gasteiger partial charge on any atom is 0.433 e. The molecular weight excluding hydrogens is 277 g/mol. The van der Waals surface area contributed by atoms with Crippen molar-refractivity contribution in [3.63, 3.8) is 0 Å². The summed E-state index contributed by atoms with van der Waals surface area (Å²) in [6, 6.07) is 1.89. The van der Waals surface area contributed by atoms with E-state index >= 15 is 0 Å². The first-order chi connectivity index (χ1) is 9.29. The second-order valence-electron chi connectivity index (χ2n) is 4.08. The zero-order chi connectivity index (χ0) is 15.2. The normalized spacial score (nSPS) is 11.2. The summed E-state index contributed by atoms with van der Waals surface area (Å²) >= 11 is 0. The third-order valence-electron chi connectivity index (χ3n) is 2.38. The minimum absolute atomic E-state index is 0.0187. The predicted molar refractivity (Wildman–Crippen MR) is 64.0 cm³/mol. The predicted octanol–water partition coefficient (Wildman–Crippen LogP) is 2.68. The third kappa shape index (κ3) is 5.68. The highest BCUT2D eigenvalue weighted by atomic mass is 19.4. The molecule has 0 unspecified atom stereocenters. The van der Waals surface area contributed by atoms with E-state index in [1.54, 1.807) is 0 Å². The molecule has 0 bridgehead atoms. The van der Waals surface area contributed by atoms with Crippen LogP contribution < -0.4 is 5.32 Å². The lowest BCUT2D eigenvalue weighted by atomic mass is 10.2. The Bertz CT molecular complexity index is 472. The maximum atomic E-state index is 12.3. The van der Waals surface area contributed by atoms with Gasteiger partial charge in [-0.3, -0.25) is 9.59 Å². The van der Waals surface area contributed by atoms with Gasteiger partial charge in [-0.25, -0.2) is 4.98 Å². The molecule has 5 nitrogen and oxygen atoms in total. The second-order valence-corrected chi connectivity index (χ2v) is 4.08. The number of hydrogen-bond acceptors (Lipinski definition) is 3. The van der Waals surface area contributed by atoms with E-state index in [4.69, 9.17) is 5.11 Å². The SMILES string of the molecule is O=C(O)CCCCC(=O)Nc1ccc(C(F)(F)F)nc1. The summed E-state index contributed by atoms with van der Waals surface area (Å²) in [5, 5.41) is 10.8. The molecule has 0 aliphatic rings. The zero-order valence-electron chi connectivity index (χ0n) is 10.4. The Balaban J connectivity index is 2.41. The van der Waals surface area contributed by atoms with E-state index in [1.807, 2.05) is 0 Å². The molecule has 0 aliphatic heterocycles. The summed E-state index contributed by atoms with van der Waals surface area (Å²) in [4.78, 5) is 24.9. The first-order valence-electron chi connectivity index (χ1n) is 5.84. The highest BCUT2D eigenvalue weighted by Crippen LogP contribution is 2.27. The van der Waals surface area contributed by atoms with Crippen LogP contribution in [0.4, 0.5) is 18.9 Å². The number of nitrogens with zero attached hydrogens (tertiary/aromatic N) is 1. The Morgan fingerprint density at radius 1 is 1.20 bits per heavy atom. The number of aromatic nitrogens is 1. The van der Waals surface area contributed by atoms with E-state index in [0.29, 0.717) is 12.8 Å². The van der Waals surface area contributed by atoms with E-state index in [-0.39, 0.29) is 18.5 Å². The van der Waals surface area contributed by atoms with Crippen molar-refractivity contribution in [2.75, 3.05) is 5.32 Å². The van der Waals surface area contributed by atoms with Gasteiger partial charge in [0.15, 0.2) is 0 Å². The number of anilines is 1. The molecule has 1 heterocycles. The third-order valence-corrected chi connectivity index (χ3v) is 2.38. The molecular formula is C12H13F3N2O3. The summed E-state index contributed by atoms with van der Waals surface area (Å²) in [6.07, 6.45) is -2.74. The van der Waals surface area contributed by atoms with Crippen LogP contribution in [-0.4, -0.2) is 22.0 Å². The summed E-state index contributed by atoms with van der Waals surface area (Å²) in [7, 11) is 0. The van der Waals surface area contributed by atoms with Crippen molar-refractivity contribution >= 4 is 17.6 Å². The highest BCUT2D eigenvalue weighted by molar-refractivity contribution is 5.90. The number of carboxylic acids is 1. The first kappa shape index (κ1) is 15.9. The number of rotatable bonds is 6. The summed E-state index contributed by atoms with van der Waals surface area (Å²) in [5.41, 5.74) is -0.863. The van der Waals surface area contributed by atoms with Crippen LogP contribution in [0.15, 0.2) is 18.3 Å². The van der Waals surface area contributed by atoms with Gasteiger partial charge < -0.3 is 10.4 Å². The van der Waals surface area contributed by atoms with E-state index in [2.05, 4.69) is 10.3 Å². The lowest BCUT2D eigenvalue weighted by molar-refractivity contribution is -0.141. The van der Waals surface area contributed by atoms with Gasteiger partial charge in [-0.2, -0.15) is 13.2 Å². The molecule has 1 rings (SSSR count). The number of nitrogens with one attached hydrogen (secondary N) is 1. The number of carbonyl (C=O) groups excluding carboxylic acids is 1. The molecule has 0 saturated carbocycles. The number of carbonyl (C=O) groups is 2. The lowest BCUT2D eigenvalue weighted by Crippen LogP contribution is -2.13. The molecule has 2 N–H and O–H groups in total. The van der Waals surface area contributed by atoms with Gasteiger partial charge in [0, 0.05) is 12.8 Å². The van der Waals surface area contributed by atoms with Crippen molar-refractivity contribution in [1.82, 2.24) is 4.98 Å². The quantitative estimate of drug-likeness (QED) is 0.789. The average Bonchev–Trinajstić information content (AvgIpc) is 2.34. The smallest absolute Gasteiger partial charge is 0.433 e. The van der Waals surface area contributed by atoms with Gasteiger partial charge in [-0.1, -0.05) is 0 Å². The molecule has 0 fully saturated rings. The van der Waals surface area contributed by atoms with Crippen molar-refractivity contribution in [3.8, 4) is 0 Å². The highest BCUT2D eigenvalue weighted by Gasteiger charge is 2.32. The standard InChI is InChI=1S/C12H13F3N2O3/c13-12(14,15)9-6-5-8(7-16-9)17-10(18)3-1-2-4-11(19)20/h5-7H,1-4H2,(H,17,18)(H,19,20). The fraction of sp³-hybridized carbons (Fsp3) is 0.417. The molecule has 1 aromatic rings. The minimum atomic E-state index is -4.51. The fourth-order valence-corrected chi connectivity index (χ4v) is 1.42. The molecule has 0 aromatic carbocycles. The van der Waals surface area contributed by atoms with Crippen LogP contribution in [0.1, 0.15) is 31.4 Å². The number of alkyl halides is 3. The largest absolute Gasteiger partial charge is 0.481 e. The van der Waals surface area contributed by atoms with Crippen LogP contribution in [0.3, 0.4) is 0 Å². The number of halogens is 3. The van der Waals surface area contributed by atoms with Crippen molar-refractivity contribution in [2.45, 2.75) is 31.9 Å². The molecule has 0 spiro atoms. The van der Waals surface area contributed by atoms with Gasteiger partial charge in [0.2, 0.25) is 5.91 Å². The summed E-state index contributed by atoms with van der Waals surface area (Å²) in [6.45, 7) is 0. The van der Waals surface area contributed by atoms with E-state index in [1.165, 1.54) is 0 Å². The van der Waals surface area contributed by atoms with Crippen LogP contribution in [-0.2, 0) is 15.8 Å². The van der Waals surface area contributed by atoms with E-state index < -0.39 is 23.7 Å².